The van der Waals surface area contributed by atoms with Gasteiger partial charge in [0.2, 0.25) is 0 Å². The summed E-state index contributed by atoms with van der Waals surface area (Å²) in [4.78, 5) is 25.7. The van der Waals surface area contributed by atoms with E-state index in [-0.39, 0.29) is 24.1 Å². The predicted octanol–water partition coefficient (Wildman–Crippen LogP) is 2.87. The van der Waals surface area contributed by atoms with Crippen molar-refractivity contribution >= 4 is 29.2 Å². The topological polar surface area (TPSA) is 72.6 Å². The van der Waals surface area contributed by atoms with Gasteiger partial charge in [-0.15, -0.1) is 0 Å². The van der Waals surface area contributed by atoms with Crippen LogP contribution in [0.15, 0.2) is 18.2 Å². The number of carbonyl (C=O) groups is 2. The Morgan fingerprint density at radius 3 is 2.64 bits per heavy atom. The first-order valence-electron chi connectivity index (χ1n) is 7.47. The van der Waals surface area contributed by atoms with Gasteiger partial charge in [0.25, 0.3) is 5.91 Å². The molecule has 1 amide bonds. The van der Waals surface area contributed by atoms with Gasteiger partial charge in [-0.1, -0.05) is 30.9 Å². The number of nitrogens with zero attached hydrogens (tertiary/aromatic N) is 1. The molecule has 6 heteroatoms. The molecule has 1 aliphatic carbocycles. The molecule has 1 aromatic rings. The number of likely N-dealkylation sites (N-methyl/N-ethyl adjacent to an activating group) is 1. The molecule has 0 radical (unpaired) electrons. The average molecular weight is 325 g/mol. The zero-order valence-electron chi connectivity index (χ0n) is 12.7. The number of amides is 1. The molecule has 1 aliphatic rings. The van der Waals surface area contributed by atoms with E-state index >= 15 is 0 Å². The minimum atomic E-state index is -0.575. The van der Waals surface area contributed by atoms with Crippen LogP contribution in [-0.2, 0) is 9.53 Å². The van der Waals surface area contributed by atoms with Gasteiger partial charge in [0.1, 0.15) is 0 Å². The van der Waals surface area contributed by atoms with Gasteiger partial charge in [-0.05, 0) is 31.0 Å². The lowest BCUT2D eigenvalue weighted by atomic mass is 9.94. The van der Waals surface area contributed by atoms with Crippen LogP contribution in [0.25, 0.3) is 0 Å². The van der Waals surface area contributed by atoms with Crippen molar-refractivity contribution in [2.75, 3.05) is 19.4 Å². The Morgan fingerprint density at radius 1 is 1.32 bits per heavy atom. The third-order valence-electron chi connectivity index (χ3n) is 4.07. The Hall–Kier alpha value is -1.75. The van der Waals surface area contributed by atoms with Crippen LogP contribution in [0.2, 0.25) is 5.02 Å². The van der Waals surface area contributed by atoms with Gasteiger partial charge in [-0.25, -0.2) is 4.79 Å². The first kappa shape index (κ1) is 16.6. The van der Waals surface area contributed by atoms with Crippen LogP contribution in [-0.4, -0.2) is 36.5 Å². The molecule has 0 saturated heterocycles. The van der Waals surface area contributed by atoms with Gasteiger partial charge in [-0.3, -0.25) is 4.79 Å². The normalized spacial score (nSPS) is 15.4. The van der Waals surface area contributed by atoms with Crippen molar-refractivity contribution < 1.29 is 14.3 Å². The number of nitrogens with two attached hydrogens (primary N) is 1. The summed E-state index contributed by atoms with van der Waals surface area (Å²) in [5.74, 6) is -0.754. The highest BCUT2D eigenvalue weighted by molar-refractivity contribution is 6.33. The molecule has 0 atom stereocenters. The van der Waals surface area contributed by atoms with Crippen LogP contribution in [0.3, 0.4) is 0 Å². The molecule has 5 nitrogen and oxygen atoms in total. The van der Waals surface area contributed by atoms with Crippen LogP contribution in [0.5, 0.6) is 0 Å². The summed E-state index contributed by atoms with van der Waals surface area (Å²) in [6.45, 7) is -0.256. The standard InChI is InChI=1S/C16H21ClN2O3/c1-19(12-5-3-2-4-6-12)15(20)10-22-16(21)11-7-8-13(17)14(18)9-11/h7-9,12H,2-6,10,18H2,1H3. The Labute approximate surface area is 135 Å². The van der Waals surface area contributed by atoms with Crippen molar-refractivity contribution in [1.82, 2.24) is 4.90 Å². The fraction of sp³-hybridized carbons (Fsp3) is 0.500. The molecule has 2 rings (SSSR count). The van der Waals surface area contributed by atoms with Gasteiger partial charge in [0.05, 0.1) is 16.3 Å². The highest BCUT2D eigenvalue weighted by atomic mass is 35.5. The van der Waals surface area contributed by atoms with Crippen molar-refractivity contribution in [3.05, 3.63) is 28.8 Å². The van der Waals surface area contributed by atoms with Crippen LogP contribution in [0, 0.1) is 0 Å². The molecule has 0 bridgehead atoms. The molecule has 1 fully saturated rings. The average Bonchev–Trinajstić information content (AvgIpc) is 2.54. The molecular weight excluding hydrogens is 304 g/mol. The number of nitrogen functional groups attached to an aromatic ring is 1. The van der Waals surface area contributed by atoms with Crippen LogP contribution >= 0.6 is 11.6 Å². The van der Waals surface area contributed by atoms with Crippen molar-refractivity contribution in [1.29, 1.82) is 0 Å². The minimum absolute atomic E-state index is 0.179. The second-order valence-corrected chi connectivity index (χ2v) is 6.02. The van der Waals surface area contributed by atoms with Crippen LogP contribution < -0.4 is 5.73 Å². The quantitative estimate of drug-likeness (QED) is 0.682. The highest BCUT2D eigenvalue weighted by Gasteiger charge is 2.23. The molecule has 0 aliphatic heterocycles. The number of hydrogen-bond donors (Lipinski definition) is 1. The monoisotopic (exact) mass is 324 g/mol. The number of ether oxygens (including phenoxy) is 1. The second-order valence-electron chi connectivity index (χ2n) is 5.61. The van der Waals surface area contributed by atoms with Crippen molar-refractivity contribution in [3.8, 4) is 0 Å². The molecule has 1 saturated carbocycles. The molecule has 120 valence electrons. The van der Waals surface area contributed by atoms with E-state index in [1.54, 1.807) is 11.9 Å². The lowest BCUT2D eigenvalue weighted by Crippen LogP contribution is -2.40. The second kappa shape index (κ2) is 7.49. The summed E-state index contributed by atoms with van der Waals surface area (Å²) in [5, 5.41) is 0.379. The summed E-state index contributed by atoms with van der Waals surface area (Å²) >= 11 is 5.80. The fourth-order valence-corrected chi connectivity index (χ4v) is 2.77. The molecule has 0 spiro atoms. The predicted molar refractivity (Wildman–Crippen MR) is 85.8 cm³/mol. The van der Waals surface area contributed by atoms with E-state index in [9.17, 15) is 9.59 Å². The molecule has 2 N–H and O–H groups in total. The van der Waals surface area contributed by atoms with Gasteiger partial charge in [0.15, 0.2) is 6.61 Å². The first-order chi connectivity index (χ1) is 10.5. The zero-order chi connectivity index (χ0) is 16.1. The maximum absolute atomic E-state index is 12.1. The maximum atomic E-state index is 12.1. The molecule has 0 heterocycles. The summed E-state index contributed by atoms with van der Waals surface area (Å²) in [6, 6.07) is 4.76. The van der Waals surface area contributed by atoms with E-state index in [1.807, 2.05) is 0 Å². The number of carbonyl (C=O) groups excluding carboxylic acids is 2. The summed E-state index contributed by atoms with van der Waals surface area (Å²) < 4.78 is 5.07. The third-order valence-corrected chi connectivity index (χ3v) is 4.42. The van der Waals surface area contributed by atoms with E-state index in [0.717, 1.165) is 25.7 Å². The number of benzene rings is 1. The Bertz CT molecular complexity index is 556. The van der Waals surface area contributed by atoms with Gasteiger partial charge >= 0.3 is 5.97 Å². The fourth-order valence-electron chi connectivity index (χ4n) is 2.66. The lowest BCUT2D eigenvalue weighted by molar-refractivity contribution is -0.135. The molecule has 0 aromatic heterocycles. The van der Waals surface area contributed by atoms with E-state index in [1.165, 1.54) is 24.6 Å². The minimum Gasteiger partial charge on any atom is -0.452 e. The van der Waals surface area contributed by atoms with Crippen molar-refractivity contribution in [3.63, 3.8) is 0 Å². The number of rotatable bonds is 4. The summed E-state index contributed by atoms with van der Waals surface area (Å²) in [5.41, 5.74) is 6.24. The van der Waals surface area contributed by atoms with E-state index in [4.69, 9.17) is 22.1 Å². The first-order valence-corrected chi connectivity index (χ1v) is 7.84. The summed E-state index contributed by atoms with van der Waals surface area (Å²) in [6.07, 6.45) is 5.55. The number of anilines is 1. The zero-order valence-corrected chi connectivity index (χ0v) is 13.4. The number of esters is 1. The Kier molecular flexibility index (Phi) is 5.66. The van der Waals surface area contributed by atoms with Gasteiger partial charge in [0, 0.05) is 13.1 Å². The maximum Gasteiger partial charge on any atom is 0.338 e. The van der Waals surface area contributed by atoms with Gasteiger partial charge in [-0.2, -0.15) is 0 Å². The third kappa shape index (κ3) is 4.13. The molecule has 0 unspecified atom stereocenters. The van der Waals surface area contributed by atoms with E-state index < -0.39 is 5.97 Å². The molecule has 1 aromatic carbocycles. The van der Waals surface area contributed by atoms with Crippen LogP contribution in [0.4, 0.5) is 5.69 Å². The lowest BCUT2D eigenvalue weighted by Gasteiger charge is -2.31. The smallest absolute Gasteiger partial charge is 0.338 e. The van der Waals surface area contributed by atoms with Crippen molar-refractivity contribution in [2.45, 2.75) is 38.1 Å². The van der Waals surface area contributed by atoms with E-state index in [0.29, 0.717) is 10.7 Å². The SMILES string of the molecule is CN(C(=O)COC(=O)c1ccc(Cl)c(N)c1)C1CCCCC1. The number of halogens is 1. The number of hydrogen-bond acceptors (Lipinski definition) is 4. The largest absolute Gasteiger partial charge is 0.452 e. The highest BCUT2D eigenvalue weighted by Crippen LogP contribution is 2.22. The molecule has 22 heavy (non-hydrogen) atoms. The van der Waals surface area contributed by atoms with Crippen LogP contribution in [0.1, 0.15) is 42.5 Å². The van der Waals surface area contributed by atoms with E-state index in [2.05, 4.69) is 0 Å². The summed E-state index contributed by atoms with van der Waals surface area (Å²) in [7, 11) is 1.77. The van der Waals surface area contributed by atoms with Crippen molar-refractivity contribution in [2.24, 2.45) is 0 Å². The Balaban J connectivity index is 1.87. The van der Waals surface area contributed by atoms with Gasteiger partial charge < -0.3 is 15.4 Å². The Morgan fingerprint density at radius 2 is 2.00 bits per heavy atom. The molecular formula is C16H21ClN2O3.